The van der Waals surface area contributed by atoms with Crippen LogP contribution in [0.2, 0.25) is 0 Å². The molecule has 0 bridgehead atoms. The minimum atomic E-state index is -4.76. The highest BCUT2D eigenvalue weighted by atomic mass is 19.4. The van der Waals surface area contributed by atoms with E-state index in [1.54, 1.807) is 6.92 Å². The maximum absolute atomic E-state index is 14.4. The number of benzene rings is 1. The van der Waals surface area contributed by atoms with Gasteiger partial charge in [-0.05, 0) is 39.0 Å². The van der Waals surface area contributed by atoms with E-state index >= 15 is 0 Å². The number of ether oxygens (including phenoxy) is 2. The highest BCUT2D eigenvalue weighted by Crippen LogP contribution is 2.36. The number of carbonyl (C=O) groups excluding carboxylic acids is 1. The second kappa shape index (κ2) is 9.40. The van der Waals surface area contributed by atoms with Crippen LogP contribution in [0.3, 0.4) is 0 Å². The molecule has 0 aliphatic carbocycles. The summed E-state index contributed by atoms with van der Waals surface area (Å²) in [6, 6.07) is 1.74. The van der Waals surface area contributed by atoms with E-state index in [1.807, 2.05) is 0 Å². The average molecular weight is 510 g/mol. The zero-order chi connectivity index (χ0) is 26.2. The first-order valence-electron chi connectivity index (χ1n) is 10.2. The van der Waals surface area contributed by atoms with E-state index in [0.29, 0.717) is 0 Å². The van der Waals surface area contributed by atoms with Gasteiger partial charge in [0.1, 0.15) is 17.6 Å². The van der Waals surface area contributed by atoms with Crippen LogP contribution < -0.4 is 15.5 Å². The third-order valence-corrected chi connectivity index (χ3v) is 4.93. The van der Waals surface area contributed by atoms with Crippen LogP contribution in [0, 0.1) is 5.82 Å². The molecule has 2 heterocycles. The van der Waals surface area contributed by atoms with E-state index < -0.39 is 47.4 Å². The number of halogens is 7. The first kappa shape index (κ1) is 26.3. The van der Waals surface area contributed by atoms with Gasteiger partial charge in [0.15, 0.2) is 5.60 Å². The molecule has 0 fully saturated rings. The summed E-state index contributed by atoms with van der Waals surface area (Å²) in [7, 11) is 0. The van der Waals surface area contributed by atoms with E-state index in [9.17, 15) is 35.5 Å². The molecule has 0 saturated carbocycles. The molecule has 0 amide bonds. The third-order valence-electron chi connectivity index (χ3n) is 4.93. The van der Waals surface area contributed by atoms with E-state index in [1.165, 1.54) is 11.1 Å². The fourth-order valence-electron chi connectivity index (χ4n) is 3.13. The molecule has 1 unspecified atom stereocenters. The van der Waals surface area contributed by atoms with Gasteiger partial charge in [0, 0.05) is 11.6 Å². The number of rotatable bonds is 6. The molecule has 0 aromatic heterocycles. The Morgan fingerprint density at radius 3 is 2.40 bits per heavy atom. The van der Waals surface area contributed by atoms with Crippen molar-refractivity contribution in [3.8, 4) is 5.75 Å². The lowest BCUT2D eigenvalue weighted by atomic mass is 10.1. The summed E-state index contributed by atoms with van der Waals surface area (Å²) in [5.74, 6) is -3.36. The summed E-state index contributed by atoms with van der Waals surface area (Å²) in [4.78, 5) is 15.6. The number of esters is 1. The fourth-order valence-corrected chi connectivity index (χ4v) is 3.13. The zero-order valence-electron chi connectivity index (χ0n) is 18.6. The molecule has 3 rings (SSSR count). The summed E-state index contributed by atoms with van der Waals surface area (Å²) >= 11 is 0. The number of hydrogen-bond acceptors (Lipinski definition) is 7. The van der Waals surface area contributed by atoms with Gasteiger partial charge in [-0.1, -0.05) is 0 Å². The molecule has 192 valence electrons. The number of hydrazine groups is 1. The Kier molecular flexibility index (Phi) is 7.07. The Labute approximate surface area is 195 Å². The largest absolute Gasteiger partial charge is 0.478 e. The maximum atomic E-state index is 14.4. The van der Waals surface area contributed by atoms with Gasteiger partial charge >= 0.3 is 18.3 Å². The van der Waals surface area contributed by atoms with Gasteiger partial charge in [0.25, 0.3) is 0 Å². The number of hydrogen-bond donors (Lipinski definition) is 2. The van der Waals surface area contributed by atoms with Gasteiger partial charge < -0.3 is 14.8 Å². The van der Waals surface area contributed by atoms with E-state index in [2.05, 4.69) is 15.7 Å². The average Bonchev–Trinajstić information content (AvgIpc) is 3.17. The lowest BCUT2D eigenvalue weighted by Gasteiger charge is -2.30. The van der Waals surface area contributed by atoms with Crippen LogP contribution in [-0.2, 0) is 9.53 Å². The van der Waals surface area contributed by atoms with Gasteiger partial charge in [0.2, 0.25) is 5.84 Å². The van der Waals surface area contributed by atoms with E-state index in [-0.39, 0.29) is 30.1 Å². The molecule has 1 aromatic rings. The minimum absolute atomic E-state index is 0.0104. The molecular weight excluding hydrogens is 489 g/mol. The summed E-state index contributed by atoms with van der Waals surface area (Å²) in [5.41, 5.74) is 0.241. The van der Waals surface area contributed by atoms with E-state index in [0.717, 1.165) is 38.2 Å². The van der Waals surface area contributed by atoms with Crippen LogP contribution >= 0.6 is 0 Å². The quantitative estimate of drug-likeness (QED) is 0.445. The Hall–Kier alpha value is -3.29. The van der Waals surface area contributed by atoms with Crippen LogP contribution in [0.25, 0.3) is 5.70 Å². The smallest absolute Gasteiger partial charge is 0.449 e. The second-order valence-corrected chi connectivity index (χ2v) is 7.98. The number of alkyl halides is 6. The molecule has 1 aromatic carbocycles. The molecule has 14 heteroatoms. The van der Waals surface area contributed by atoms with Gasteiger partial charge in [0.05, 0.1) is 30.7 Å². The number of nitrogens with one attached hydrogen (secondary N) is 2. The van der Waals surface area contributed by atoms with Crippen LogP contribution in [0.1, 0.15) is 26.3 Å². The highest BCUT2D eigenvalue weighted by Gasteiger charge is 2.50. The lowest BCUT2D eigenvalue weighted by Crippen LogP contribution is -2.46. The molecule has 0 spiro atoms. The van der Waals surface area contributed by atoms with Crippen molar-refractivity contribution in [3.05, 3.63) is 47.6 Å². The van der Waals surface area contributed by atoms with Gasteiger partial charge in [-0.3, -0.25) is 5.01 Å². The van der Waals surface area contributed by atoms with Crippen molar-refractivity contribution < 1.29 is 45.0 Å². The third kappa shape index (κ3) is 5.86. The normalized spacial score (nSPS) is 19.0. The summed E-state index contributed by atoms with van der Waals surface area (Å²) in [5, 5.41) is 3.28. The molecule has 2 aliphatic rings. The second-order valence-electron chi connectivity index (χ2n) is 7.98. The highest BCUT2D eigenvalue weighted by molar-refractivity contribution is 5.89. The maximum Gasteiger partial charge on any atom is 0.449 e. The molecule has 2 aliphatic heterocycles. The number of carbonyl (C=O) groups is 1. The van der Waals surface area contributed by atoms with Crippen LogP contribution in [0.4, 0.5) is 30.7 Å². The molecule has 0 saturated heterocycles. The topological polar surface area (TPSA) is 75.2 Å². The van der Waals surface area contributed by atoms with Crippen molar-refractivity contribution in [2.45, 2.75) is 44.8 Å². The predicted molar refractivity (Wildman–Crippen MR) is 110 cm³/mol. The first-order chi connectivity index (χ1) is 16.1. The van der Waals surface area contributed by atoms with Crippen LogP contribution in [0.15, 0.2) is 41.2 Å². The molecule has 7 nitrogen and oxygen atoms in total. The molecule has 2 N–H and O–H groups in total. The van der Waals surface area contributed by atoms with Crippen LogP contribution in [0.5, 0.6) is 5.75 Å². The van der Waals surface area contributed by atoms with Gasteiger partial charge in [-0.15, -0.1) is 0 Å². The van der Waals surface area contributed by atoms with Crippen molar-refractivity contribution in [3.63, 3.8) is 0 Å². The number of aliphatic imine (C=N–C) groups is 1. The van der Waals surface area contributed by atoms with Crippen molar-refractivity contribution in [1.82, 2.24) is 15.8 Å². The Morgan fingerprint density at radius 2 is 1.86 bits per heavy atom. The lowest BCUT2D eigenvalue weighted by molar-refractivity contribution is -0.234. The van der Waals surface area contributed by atoms with Gasteiger partial charge in [-0.2, -0.15) is 26.3 Å². The summed E-state index contributed by atoms with van der Waals surface area (Å²) in [6.45, 7) is 2.76. The first-order valence-corrected chi connectivity index (χ1v) is 10.2. The van der Waals surface area contributed by atoms with Crippen molar-refractivity contribution in [2.75, 3.05) is 13.2 Å². The Balaban J connectivity index is 2.01. The number of nitrogens with zero attached hydrogens (tertiary/aromatic N) is 2. The molecule has 35 heavy (non-hydrogen) atoms. The standard InChI is InChI=1S/C21H21F7N4O3/c1-4-34-17(33)15-8-16(32(31-15)13-9-29-18(30-10-13)20(23,24)25)11-5-12(22)7-14(6-11)35-19(2,3)21(26,27)28/h5-9,15,31H,4,10H2,1-3H3,(H,29,30). The Bertz CT molecular complexity index is 1080. The SMILES string of the molecule is CCOC(=O)C1C=C(c2cc(F)cc(OC(C)(C)C(F)(F)F)c2)N(C2=CN=C(C(F)(F)F)NC2)N1. The molecular formula is C21H21F7N4O3. The zero-order valence-corrected chi connectivity index (χ0v) is 18.6. The summed E-state index contributed by atoms with van der Waals surface area (Å²) < 4.78 is 103. The van der Waals surface area contributed by atoms with Crippen molar-refractivity contribution in [2.24, 2.45) is 4.99 Å². The minimum Gasteiger partial charge on any atom is -0.478 e. The van der Waals surface area contributed by atoms with Gasteiger partial charge in [-0.25, -0.2) is 19.6 Å². The number of amidine groups is 1. The monoisotopic (exact) mass is 510 g/mol. The Morgan fingerprint density at radius 1 is 1.17 bits per heavy atom. The molecule has 0 radical (unpaired) electrons. The van der Waals surface area contributed by atoms with E-state index in [4.69, 9.17) is 9.47 Å². The van der Waals surface area contributed by atoms with Crippen LogP contribution in [-0.4, -0.2) is 54.0 Å². The van der Waals surface area contributed by atoms with Crippen molar-refractivity contribution >= 4 is 17.5 Å². The predicted octanol–water partition coefficient (Wildman–Crippen LogP) is 4.04. The van der Waals surface area contributed by atoms with Crippen molar-refractivity contribution in [1.29, 1.82) is 0 Å². The fraction of sp³-hybridized carbons (Fsp3) is 0.429. The molecule has 1 atom stereocenters. The summed E-state index contributed by atoms with van der Waals surface area (Å²) in [6.07, 6.45) is -7.28.